The molecule has 0 aliphatic heterocycles. The van der Waals surface area contributed by atoms with Crippen LogP contribution in [-0.4, -0.2) is 35.1 Å². The first-order valence-electron chi connectivity index (χ1n) is 15.2. The number of amides is 4. The number of carbonyl (C=O) groups excluding carboxylic acids is 2. The monoisotopic (exact) mass is 627 g/mol. The van der Waals surface area contributed by atoms with E-state index in [1.54, 1.807) is 20.0 Å². The number of halogens is 3. The van der Waals surface area contributed by atoms with E-state index in [-0.39, 0.29) is 41.6 Å². The molecule has 45 heavy (non-hydrogen) atoms. The average molecular weight is 628 g/mol. The molecule has 1 aromatic heterocycles. The van der Waals surface area contributed by atoms with Crippen molar-refractivity contribution in [3.8, 4) is 0 Å². The zero-order chi connectivity index (χ0) is 33.4. The van der Waals surface area contributed by atoms with Crippen LogP contribution in [0.25, 0.3) is 0 Å². The van der Waals surface area contributed by atoms with Crippen molar-refractivity contribution in [3.05, 3.63) is 76.6 Å². The molecule has 244 valence electrons. The fourth-order valence-corrected chi connectivity index (χ4v) is 5.58. The van der Waals surface area contributed by atoms with E-state index in [9.17, 15) is 22.8 Å². The van der Waals surface area contributed by atoms with Crippen molar-refractivity contribution in [2.45, 2.75) is 84.2 Å². The van der Waals surface area contributed by atoms with Gasteiger partial charge < -0.3 is 27.0 Å². The summed E-state index contributed by atoms with van der Waals surface area (Å²) in [5.41, 5.74) is 8.24. The molecule has 3 aromatic rings. The minimum Gasteiger partial charge on any atom is -0.368 e. The first-order chi connectivity index (χ1) is 21.2. The van der Waals surface area contributed by atoms with Crippen LogP contribution in [0, 0.1) is 6.92 Å². The second-order valence-electron chi connectivity index (χ2n) is 11.8. The molecule has 2 aromatic carbocycles. The number of nitrogens with zero attached hydrogens (tertiary/aromatic N) is 2. The first kappa shape index (κ1) is 35.1. The first-order valence-corrected chi connectivity index (χ1v) is 15.2. The number of alkyl halides is 3. The third-order valence-corrected chi connectivity index (χ3v) is 8.04. The molecular formula is C33H44F3N7O2. The lowest BCUT2D eigenvalue weighted by Gasteiger charge is -2.35. The SMILES string of the molecule is CCNC(=O)Nc1ccc(C(C)(CCNC(=O)Nc2ccc(C(C)C)c(C(F)(F)F)c2)CC(CC)c2cnc(N)nc2C)cc1. The minimum absolute atomic E-state index is 0.0621. The highest BCUT2D eigenvalue weighted by Gasteiger charge is 2.35. The molecule has 6 N–H and O–H groups in total. The third-order valence-electron chi connectivity index (χ3n) is 8.04. The van der Waals surface area contributed by atoms with Crippen LogP contribution in [0.2, 0.25) is 0 Å². The fraction of sp³-hybridized carbons (Fsp3) is 0.455. The molecule has 0 fully saturated rings. The molecule has 0 spiro atoms. The molecule has 0 aliphatic carbocycles. The molecule has 1 heterocycles. The number of aryl methyl sites for hydroxylation is 1. The number of hydrogen-bond acceptors (Lipinski definition) is 5. The number of anilines is 3. The highest BCUT2D eigenvalue weighted by atomic mass is 19.4. The van der Waals surface area contributed by atoms with Crippen molar-refractivity contribution in [1.29, 1.82) is 0 Å². The van der Waals surface area contributed by atoms with Crippen molar-refractivity contribution < 1.29 is 22.8 Å². The lowest BCUT2D eigenvalue weighted by atomic mass is 9.71. The summed E-state index contributed by atoms with van der Waals surface area (Å²) < 4.78 is 41.0. The average Bonchev–Trinajstić information content (AvgIpc) is 2.96. The second kappa shape index (κ2) is 15.1. The van der Waals surface area contributed by atoms with Gasteiger partial charge in [-0.25, -0.2) is 19.6 Å². The van der Waals surface area contributed by atoms with Crippen LogP contribution in [0.3, 0.4) is 0 Å². The zero-order valence-electron chi connectivity index (χ0n) is 26.7. The predicted octanol–water partition coefficient (Wildman–Crippen LogP) is 7.70. The summed E-state index contributed by atoms with van der Waals surface area (Å²) in [5.74, 6) is -0.0330. The Morgan fingerprint density at radius 1 is 0.933 bits per heavy atom. The Kier molecular flexibility index (Phi) is 11.8. The van der Waals surface area contributed by atoms with Gasteiger partial charge in [0.2, 0.25) is 5.95 Å². The van der Waals surface area contributed by atoms with Crippen molar-refractivity contribution in [2.24, 2.45) is 0 Å². The summed E-state index contributed by atoms with van der Waals surface area (Å²) >= 11 is 0. The molecule has 2 atom stereocenters. The quantitative estimate of drug-likeness (QED) is 0.140. The molecule has 0 saturated heterocycles. The fourth-order valence-electron chi connectivity index (χ4n) is 5.58. The van der Waals surface area contributed by atoms with E-state index in [0.717, 1.165) is 29.3 Å². The van der Waals surface area contributed by atoms with Crippen molar-refractivity contribution in [2.75, 3.05) is 29.5 Å². The maximum atomic E-state index is 13.7. The number of urea groups is 2. The normalized spacial score (nSPS) is 13.6. The van der Waals surface area contributed by atoms with Crippen molar-refractivity contribution >= 4 is 29.4 Å². The van der Waals surface area contributed by atoms with Gasteiger partial charge in [-0.15, -0.1) is 0 Å². The standard InChI is InChI=1S/C33H44F3N7O2/c1-7-22(27-19-40-29(37)41-21(27)5)18-32(6,23-9-11-24(12-10-23)42-30(44)38-8-2)15-16-39-31(45)43-25-13-14-26(20(3)4)28(17-25)33(34,35)36/h9-14,17,19-20,22H,7-8,15-16,18H2,1-6H3,(H2,37,40,41)(H2,38,42,44)(H2,39,43,45). The van der Waals surface area contributed by atoms with Crippen molar-refractivity contribution in [3.63, 3.8) is 0 Å². The van der Waals surface area contributed by atoms with Gasteiger partial charge in [-0.05, 0) is 91.3 Å². The molecule has 0 aliphatic rings. The van der Waals surface area contributed by atoms with Gasteiger partial charge in [-0.3, -0.25) is 0 Å². The maximum absolute atomic E-state index is 13.7. The van der Waals surface area contributed by atoms with Gasteiger partial charge in [0.15, 0.2) is 0 Å². The van der Waals surface area contributed by atoms with Crippen LogP contribution in [-0.2, 0) is 11.6 Å². The van der Waals surface area contributed by atoms with E-state index < -0.39 is 23.2 Å². The molecule has 0 bridgehead atoms. The van der Waals surface area contributed by atoms with E-state index in [2.05, 4.69) is 45.1 Å². The summed E-state index contributed by atoms with van der Waals surface area (Å²) in [4.78, 5) is 33.4. The summed E-state index contributed by atoms with van der Waals surface area (Å²) in [5, 5.41) is 10.9. The Balaban J connectivity index is 1.81. The van der Waals surface area contributed by atoms with Crippen LogP contribution in [0.1, 0.15) is 93.7 Å². The topological polar surface area (TPSA) is 134 Å². The lowest BCUT2D eigenvalue weighted by molar-refractivity contribution is -0.138. The number of hydrogen-bond donors (Lipinski definition) is 5. The molecule has 0 radical (unpaired) electrons. The van der Waals surface area contributed by atoms with Crippen LogP contribution >= 0.6 is 0 Å². The molecule has 9 nitrogen and oxygen atoms in total. The minimum atomic E-state index is -4.54. The van der Waals surface area contributed by atoms with E-state index in [1.165, 1.54) is 12.1 Å². The number of nitrogens with two attached hydrogens (primary N) is 1. The molecule has 2 unspecified atom stereocenters. The molecule has 3 rings (SSSR count). The molecule has 4 amide bonds. The molecule has 0 saturated carbocycles. The predicted molar refractivity (Wildman–Crippen MR) is 172 cm³/mol. The Labute approximate surface area is 263 Å². The largest absolute Gasteiger partial charge is 0.416 e. The zero-order valence-corrected chi connectivity index (χ0v) is 26.7. The smallest absolute Gasteiger partial charge is 0.368 e. The maximum Gasteiger partial charge on any atom is 0.416 e. The van der Waals surface area contributed by atoms with E-state index in [0.29, 0.717) is 25.1 Å². The Bertz CT molecular complexity index is 1460. The third kappa shape index (κ3) is 9.57. The summed E-state index contributed by atoms with van der Waals surface area (Å²) in [6.07, 6.45) is -0.756. The van der Waals surface area contributed by atoms with Crippen LogP contribution in [0.4, 0.5) is 40.1 Å². The number of carbonyl (C=O) groups is 2. The number of benzene rings is 2. The molecular weight excluding hydrogens is 583 g/mol. The van der Waals surface area contributed by atoms with Crippen LogP contribution < -0.4 is 27.0 Å². The van der Waals surface area contributed by atoms with E-state index >= 15 is 0 Å². The highest BCUT2D eigenvalue weighted by Crippen LogP contribution is 2.40. The van der Waals surface area contributed by atoms with E-state index in [1.807, 2.05) is 38.1 Å². The number of nitrogen functional groups attached to an aromatic ring is 1. The van der Waals surface area contributed by atoms with Crippen LogP contribution in [0.15, 0.2) is 48.7 Å². The van der Waals surface area contributed by atoms with Gasteiger partial charge in [0.1, 0.15) is 0 Å². The highest BCUT2D eigenvalue weighted by molar-refractivity contribution is 5.89. The lowest BCUT2D eigenvalue weighted by Crippen LogP contribution is -2.35. The van der Waals surface area contributed by atoms with Gasteiger partial charge in [0.05, 0.1) is 5.56 Å². The van der Waals surface area contributed by atoms with Gasteiger partial charge in [-0.2, -0.15) is 13.2 Å². The van der Waals surface area contributed by atoms with Gasteiger partial charge in [0, 0.05) is 36.4 Å². The second-order valence-corrected chi connectivity index (χ2v) is 11.8. The Morgan fingerprint density at radius 2 is 1.56 bits per heavy atom. The summed E-state index contributed by atoms with van der Waals surface area (Å²) in [7, 11) is 0. The van der Waals surface area contributed by atoms with Crippen molar-refractivity contribution in [1.82, 2.24) is 20.6 Å². The van der Waals surface area contributed by atoms with Gasteiger partial charge in [-0.1, -0.05) is 45.9 Å². The van der Waals surface area contributed by atoms with Gasteiger partial charge >= 0.3 is 18.2 Å². The van der Waals surface area contributed by atoms with Gasteiger partial charge in [0.25, 0.3) is 0 Å². The Hall–Kier alpha value is -4.35. The van der Waals surface area contributed by atoms with E-state index in [4.69, 9.17) is 5.73 Å². The summed E-state index contributed by atoms with van der Waals surface area (Å²) in [6.45, 7) is 12.1. The van der Waals surface area contributed by atoms with Crippen LogP contribution in [0.5, 0.6) is 0 Å². The Morgan fingerprint density at radius 3 is 2.13 bits per heavy atom. The summed E-state index contributed by atoms with van der Waals surface area (Å²) in [6, 6.07) is 10.5. The molecule has 12 heteroatoms. The number of aromatic nitrogens is 2. The number of rotatable bonds is 12. The number of nitrogens with one attached hydrogen (secondary N) is 4.